The van der Waals surface area contributed by atoms with Crippen LogP contribution < -0.4 is 10.7 Å². The minimum Gasteiger partial charge on any atom is -0.494 e. The Morgan fingerprint density at radius 3 is 2.75 bits per heavy atom. The summed E-state index contributed by atoms with van der Waals surface area (Å²) in [5, 5.41) is 6.37. The molecule has 8 heteroatoms. The van der Waals surface area contributed by atoms with E-state index in [1.165, 1.54) is 22.6 Å². The molecule has 2 rings (SSSR count). The molecule has 108 valence electrons. The highest BCUT2D eigenvalue weighted by atomic mass is 32.1. The highest BCUT2D eigenvalue weighted by Crippen LogP contribution is 2.24. The molecule has 2 N–H and O–H groups in total. The lowest BCUT2D eigenvalue weighted by molar-refractivity contribution is -0.117. The normalized spacial score (nSPS) is 14.1. The second-order valence-corrected chi connectivity index (χ2v) is 5.07. The van der Waals surface area contributed by atoms with Crippen LogP contribution in [0.1, 0.15) is 10.4 Å². The van der Waals surface area contributed by atoms with Gasteiger partial charge in [-0.25, -0.2) is 5.01 Å². The molecule has 0 radical (unpaired) electrons. The fourth-order valence-corrected chi connectivity index (χ4v) is 2.28. The van der Waals surface area contributed by atoms with E-state index in [-0.39, 0.29) is 11.7 Å². The zero-order chi connectivity index (χ0) is 14.5. The second-order valence-electron chi connectivity index (χ2n) is 4.15. The van der Waals surface area contributed by atoms with Crippen LogP contribution in [0.25, 0.3) is 0 Å². The maximum Gasteiger partial charge on any atom is 0.294 e. The summed E-state index contributed by atoms with van der Waals surface area (Å²) in [5.74, 6) is -0.629. The van der Waals surface area contributed by atoms with Gasteiger partial charge in [0.25, 0.3) is 11.8 Å². The maximum absolute atomic E-state index is 11.9. The summed E-state index contributed by atoms with van der Waals surface area (Å²) in [5.41, 5.74) is 3.02. The number of hydrogen-bond acceptors (Lipinski definition) is 6. The number of hydrazine groups is 1. The number of carbonyl (C=O) groups excluding carboxylic acids is 2. The molecule has 2 amide bonds. The molecule has 2 heterocycles. The third-order valence-electron chi connectivity index (χ3n) is 2.33. The zero-order valence-corrected chi connectivity index (χ0v) is 12.0. The summed E-state index contributed by atoms with van der Waals surface area (Å²) in [7, 11) is 3.42. The molecule has 20 heavy (non-hydrogen) atoms. The summed E-state index contributed by atoms with van der Waals surface area (Å²) < 4.78 is 10.2. The molecular formula is C12H15N3O4S. The Morgan fingerprint density at radius 2 is 2.10 bits per heavy atom. The van der Waals surface area contributed by atoms with E-state index in [2.05, 4.69) is 10.7 Å². The second kappa shape index (κ2) is 6.40. The summed E-state index contributed by atoms with van der Waals surface area (Å²) in [6, 6.07) is 1.64. The van der Waals surface area contributed by atoms with Gasteiger partial charge in [0.2, 0.25) is 5.76 Å². The van der Waals surface area contributed by atoms with Crippen molar-refractivity contribution in [3.8, 4) is 0 Å². The van der Waals surface area contributed by atoms with E-state index < -0.39 is 5.91 Å². The van der Waals surface area contributed by atoms with E-state index in [0.29, 0.717) is 23.8 Å². The number of nitrogens with zero attached hydrogens (tertiary/aromatic N) is 1. The van der Waals surface area contributed by atoms with Gasteiger partial charge in [-0.3, -0.25) is 15.0 Å². The van der Waals surface area contributed by atoms with Crippen LogP contribution >= 0.6 is 11.3 Å². The van der Waals surface area contributed by atoms with Crippen molar-refractivity contribution < 1.29 is 19.1 Å². The lowest BCUT2D eigenvalue weighted by atomic mass is 10.3. The molecule has 0 aliphatic carbocycles. The van der Waals surface area contributed by atoms with Crippen LogP contribution in [-0.4, -0.2) is 44.1 Å². The van der Waals surface area contributed by atoms with E-state index in [1.54, 1.807) is 25.5 Å². The molecule has 0 fully saturated rings. The quantitative estimate of drug-likeness (QED) is 0.803. The molecule has 0 bridgehead atoms. The maximum atomic E-state index is 11.9. The minimum absolute atomic E-state index is 0.101. The Balaban J connectivity index is 2.06. The van der Waals surface area contributed by atoms with Crippen LogP contribution in [0.4, 0.5) is 5.00 Å². The van der Waals surface area contributed by atoms with E-state index in [0.717, 1.165) is 0 Å². The number of amides is 2. The lowest BCUT2D eigenvalue weighted by Gasteiger charge is -2.15. The van der Waals surface area contributed by atoms with Gasteiger partial charge in [0.1, 0.15) is 24.5 Å². The molecule has 7 nitrogen and oxygen atoms in total. The fraction of sp³-hybridized carbons (Fsp3) is 0.333. The van der Waals surface area contributed by atoms with Gasteiger partial charge in [-0.1, -0.05) is 0 Å². The van der Waals surface area contributed by atoms with Gasteiger partial charge in [0.15, 0.2) is 0 Å². The number of hydrogen-bond donors (Lipinski definition) is 2. The van der Waals surface area contributed by atoms with Gasteiger partial charge in [-0.15, -0.1) is 11.3 Å². The lowest BCUT2D eigenvalue weighted by Crippen LogP contribution is -2.36. The predicted octanol–water partition coefficient (Wildman–Crippen LogP) is 0.781. The Labute approximate surface area is 120 Å². The highest BCUT2D eigenvalue weighted by Gasteiger charge is 2.19. The van der Waals surface area contributed by atoms with E-state index in [9.17, 15) is 9.59 Å². The number of thiophene rings is 1. The van der Waals surface area contributed by atoms with Crippen LogP contribution in [0, 0.1) is 0 Å². The van der Waals surface area contributed by atoms with Gasteiger partial charge in [0, 0.05) is 14.1 Å². The average molecular weight is 297 g/mol. The summed E-state index contributed by atoms with van der Waals surface area (Å²) in [6.45, 7) is 0.754. The third-order valence-corrected chi connectivity index (χ3v) is 3.16. The monoisotopic (exact) mass is 297 g/mol. The molecule has 1 aromatic heterocycles. The fourth-order valence-electron chi connectivity index (χ4n) is 1.50. The van der Waals surface area contributed by atoms with Gasteiger partial charge in [0.05, 0.1) is 5.56 Å². The number of nitrogens with one attached hydrogen (secondary N) is 2. The number of rotatable bonds is 4. The van der Waals surface area contributed by atoms with Crippen molar-refractivity contribution in [1.82, 2.24) is 10.4 Å². The van der Waals surface area contributed by atoms with Crippen molar-refractivity contribution in [3.05, 3.63) is 29.0 Å². The van der Waals surface area contributed by atoms with Gasteiger partial charge < -0.3 is 14.8 Å². The molecule has 0 atom stereocenters. The SMILES string of the molecule is CN(C)NC(=O)c1ccsc1NC(=O)C1=COCCO1. The molecule has 0 spiro atoms. The molecular weight excluding hydrogens is 282 g/mol. The summed E-state index contributed by atoms with van der Waals surface area (Å²) in [4.78, 5) is 23.9. The molecule has 0 saturated carbocycles. The number of ether oxygens (including phenoxy) is 2. The number of anilines is 1. The first-order valence-corrected chi connectivity index (χ1v) is 6.77. The average Bonchev–Trinajstić information content (AvgIpc) is 2.87. The van der Waals surface area contributed by atoms with Crippen LogP contribution in [-0.2, 0) is 14.3 Å². The molecule has 0 unspecified atom stereocenters. The first-order chi connectivity index (χ1) is 9.58. The molecule has 1 aromatic rings. The smallest absolute Gasteiger partial charge is 0.294 e. The Kier molecular flexibility index (Phi) is 4.59. The van der Waals surface area contributed by atoms with Crippen molar-refractivity contribution in [3.63, 3.8) is 0 Å². The Hall–Kier alpha value is -2.06. The molecule has 0 aromatic carbocycles. The van der Waals surface area contributed by atoms with Crippen molar-refractivity contribution in [1.29, 1.82) is 0 Å². The predicted molar refractivity (Wildman–Crippen MR) is 74.1 cm³/mol. The highest BCUT2D eigenvalue weighted by molar-refractivity contribution is 7.14. The first-order valence-electron chi connectivity index (χ1n) is 5.89. The topological polar surface area (TPSA) is 79.9 Å². The van der Waals surface area contributed by atoms with E-state index in [1.807, 2.05) is 0 Å². The molecule has 1 aliphatic heterocycles. The Bertz CT molecular complexity index is 539. The van der Waals surface area contributed by atoms with Crippen LogP contribution in [0.3, 0.4) is 0 Å². The van der Waals surface area contributed by atoms with E-state index >= 15 is 0 Å². The van der Waals surface area contributed by atoms with Gasteiger partial charge >= 0.3 is 0 Å². The van der Waals surface area contributed by atoms with Crippen molar-refractivity contribution in [2.24, 2.45) is 0 Å². The molecule has 0 saturated heterocycles. The Morgan fingerprint density at radius 1 is 1.30 bits per heavy atom. The van der Waals surface area contributed by atoms with Crippen molar-refractivity contribution >= 4 is 28.2 Å². The number of carbonyl (C=O) groups is 2. The largest absolute Gasteiger partial charge is 0.494 e. The third kappa shape index (κ3) is 3.49. The van der Waals surface area contributed by atoms with Gasteiger partial charge in [-0.2, -0.15) is 0 Å². The van der Waals surface area contributed by atoms with E-state index in [4.69, 9.17) is 9.47 Å². The molecule has 1 aliphatic rings. The van der Waals surface area contributed by atoms with Crippen molar-refractivity contribution in [2.45, 2.75) is 0 Å². The standard InChI is InChI=1S/C12H15N3O4S/c1-15(2)14-10(16)8-3-6-20-12(8)13-11(17)9-7-18-4-5-19-9/h3,6-7H,4-5H2,1-2H3,(H,13,17)(H,14,16). The zero-order valence-electron chi connectivity index (χ0n) is 11.1. The van der Waals surface area contributed by atoms with Crippen LogP contribution in [0.5, 0.6) is 0 Å². The summed E-state index contributed by atoms with van der Waals surface area (Å²) >= 11 is 1.26. The van der Waals surface area contributed by atoms with Crippen LogP contribution in [0.15, 0.2) is 23.5 Å². The van der Waals surface area contributed by atoms with Crippen LogP contribution in [0.2, 0.25) is 0 Å². The van der Waals surface area contributed by atoms with Crippen molar-refractivity contribution in [2.75, 3.05) is 32.6 Å². The minimum atomic E-state index is -0.439. The first kappa shape index (κ1) is 14.4. The summed E-state index contributed by atoms with van der Waals surface area (Å²) in [6.07, 6.45) is 1.27. The van der Waals surface area contributed by atoms with Gasteiger partial charge in [-0.05, 0) is 11.4 Å².